The zero-order valence-corrected chi connectivity index (χ0v) is 19.4. The van der Waals surface area contributed by atoms with E-state index in [1.54, 1.807) is 14.2 Å². The number of amides is 1. The molecule has 8 nitrogen and oxygen atoms in total. The number of guanidine groups is 1. The second kappa shape index (κ2) is 12.2. The number of rotatable bonds is 6. The van der Waals surface area contributed by atoms with Gasteiger partial charge in [0.1, 0.15) is 11.9 Å². The van der Waals surface area contributed by atoms with Gasteiger partial charge in [0, 0.05) is 33.3 Å². The number of nitrogens with zero attached hydrogens (tertiary/aromatic N) is 2. The van der Waals surface area contributed by atoms with Crippen molar-refractivity contribution < 1.29 is 19.0 Å². The highest BCUT2D eigenvalue weighted by atomic mass is 127. The van der Waals surface area contributed by atoms with E-state index in [1.165, 1.54) is 0 Å². The van der Waals surface area contributed by atoms with E-state index in [2.05, 4.69) is 20.5 Å². The number of benzene rings is 1. The highest BCUT2D eigenvalue weighted by molar-refractivity contribution is 14.0. The Hall–Kier alpha value is -1.59. The first kappa shape index (κ1) is 23.7. The Labute approximate surface area is 189 Å². The molecule has 9 heteroatoms. The summed E-state index contributed by atoms with van der Waals surface area (Å²) in [6.07, 6.45) is 2.34. The lowest BCUT2D eigenvalue weighted by Crippen LogP contribution is -2.54. The van der Waals surface area contributed by atoms with Crippen molar-refractivity contribution >= 4 is 35.8 Å². The number of morpholine rings is 1. The number of halogens is 1. The van der Waals surface area contributed by atoms with Gasteiger partial charge in [0.2, 0.25) is 5.91 Å². The van der Waals surface area contributed by atoms with Gasteiger partial charge < -0.3 is 29.7 Å². The van der Waals surface area contributed by atoms with Gasteiger partial charge in [0.15, 0.2) is 5.96 Å². The second-order valence-corrected chi connectivity index (χ2v) is 6.93. The summed E-state index contributed by atoms with van der Waals surface area (Å²) in [4.78, 5) is 18.7. The van der Waals surface area contributed by atoms with Gasteiger partial charge >= 0.3 is 0 Å². The molecule has 2 heterocycles. The van der Waals surface area contributed by atoms with Crippen LogP contribution in [0.5, 0.6) is 5.75 Å². The normalized spacial score (nSPS) is 22.0. The minimum atomic E-state index is -0.0825. The average Bonchev–Trinajstić information content (AvgIpc) is 3.28. The van der Waals surface area contributed by atoms with Gasteiger partial charge in [-0.2, -0.15) is 0 Å². The van der Waals surface area contributed by atoms with Crippen LogP contribution in [0, 0.1) is 0 Å². The number of carbonyl (C=O) groups is 1. The van der Waals surface area contributed by atoms with Crippen LogP contribution in [0.25, 0.3) is 0 Å². The minimum Gasteiger partial charge on any atom is -0.497 e. The zero-order chi connectivity index (χ0) is 19.8. The zero-order valence-electron chi connectivity index (χ0n) is 17.1. The van der Waals surface area contributed by atoms with Crippen LogP contribution in [-0.2, 0) is 20.8 Å². The van der Waals surface area contributed by atoms with Crippen molar-refractivity contribution in [1.29, 1.82) is 0 Å². The topological polar surface area (TPSA) is 84.4 Å². The third kappa shape index (κ3) is 7.00. The van der Waals surface area contributed by atoms with Gasteiger partial charge in [-0.1, -0.05) is 12.1 Å². The van der Waals surface area contributed by atoms with Gasteiger partial charge in [0.05, 0.1) is 26.4 Å². The monoisotopic (exact) mass is 518 g/mol. The Kier molecular flexibility index (Phi) is 9.95. The molecule has 0 bridgehead atoms. The maximum Gasteiger partial charge on any atom is 0.239 e. The first-order chi connectivity index (χ1) is 13.7. The van der Waals surface area contributed by atoms with Gasteiger partial charge in [-0.25, -0.2) is 0 Å². The summed E-state index contributed by atoms with van der Waals surface area (Å²) in [5, 5.41) is 6.06. The Bertz CT molecular complexity index is 665. The summed E-state index contributed by atoms with van der Waals surface area (Å²) in [6.45, 7) is 3.56. The molecule has 2 atom stereocenters. The van der Waals surface area contributed by atoms with Crippen LogP contribution < -0.4 is 15.4 Å². The average molecular weight is 518 g/mol. The van der Waals surface area contributed by atoms with Crippen LogP contribution in [0.15, 0.2) is 29.3 Å². The molecule has 0 spiro atoms. The van der Waals surface area contributed by atoms with E-state index < -0.39 is 0 Å². The number of hydrogen-bond donors (Lipinski definition) is 2. The Morgan fingerprint density at radius 3 is 2.62 bits per heavy atom. The molecule has 29 heavy (non-hydrogen) atoms. The quantitative estimate of drug-likeness (QED) is 0.337. The highest BCUT2D eigenvalue weighted by Gasteiger charge is 2.32. The molecule has 162 valence electrons. The van der Waals surface area contributed by atoms with Gasteiger partial charge in [-0.05, 0) is 30.5 Å². The lowest BCUT2D eigenvalue weighted by atomic mass is 10.1. The van der Waals surface area contributed by atoms with Gasteiger partial charge in [0.25, 0.3) is 0 Å². The number of methoxy groups -OCH3 is 1. The number of nitrogens with one attached hydrogen (secondary N) is 2. The predicted molar refractivity (Wildman–Crippen MR) is 122 cm³/mol. The maximum absolute atomic E-state index is 12.2. The van der Waals surface area contributed by atoms with Crippen LogP contribution in [0.1, 0.15) is 18.4 Å². The molecule has 3 rings (SSSR count). The van der Waals surface area contributed by atoms with Crippen LogP contribution in [0.4, 0.5) is 0 Å². The Morgan fingerprint density at radius 2 is 1.97 bits per heavy atom. The fraction of sp³-hybridized carbons (Fsp3) is 0.600. The van der Waals surface area contributed by atoms with Crippen LogP contribution >= 0.6 is 24.0 Å². The number of ether oxygens (including phenoxy) is 3. The molecule has 2 aliphatic heterocycles. The van der Waals surface area contributed by atoms with Crippen molar-refractivity contribution in [2.24, 2.45) is 4.99 Å². The lowest BCUT2D eigenvalue weighted by Gasteiger charge is -2.37. The smallest absolute Gasteiger partial charge is 0.239 e. The van der Waals surface area contributed by atoms with Gasteiger partial charge in [-0.15, -0.1) is 24.0 Å². The van der Waals surface area contributed by atoms with Crippen LogP contribution in [0.2, 0.25) is 0 Å². The molecular weight excluding hydrogens is 487 g/mol. The first-order valence-corrected chi connectivity index (χ1v) is 9.78. The third-order valence-electron chi connectivity index (χ3n) is 5.04. The molecule has 0 aromatic heterocycles. The molecule has 0 aliphatic carbocycles. The molecular formula is C20H31IN4O4. The maximum atomic E-state index is 12.2. The van der Waals surface area contributed by atoms with Gasteiger partial charge in [-0.3, -0.25) is 9.79 Å². The Balaban J connectivity index is 0.00000300. The lowest BCUT2D eigenvalue weighted by molar-refractivity contribution is -0.120. The molecule has 0 saturated carbocycles. The summed E-state index contributed by atoms with van der Waals surface area (Å²) in [5.74, 6) is 1.43. The van der Waals surface area contributed by atoms with E-state index in [0.29, 0.717) is 19.1 Å². The Morgan fingerprint density at radius 1 is 1.21 bits per heavy atom. The molecule has 2 fully saturated rings. The van der Waals surface area contributed by atoms with E-state index in [9.17, 15) is 4.79 Å². The minimum absolute atomic E-state index is 0. The fourth-order valence-corrected chi connectivity index (χ4v) is 3.49. The molecule has 1 amide bonds. The van der Waals surface area contributed by atoms with Crippen molar-refractivity contribution in [3.63, 3.8) is 0 Å². The summed E-state index contributed by atoms with van der Waals surface area (Å²) in [5.41, 5.74) is 1.02. The first-order valence-electron chi connectivity index (χ1n) is 9.78. The number of hydrogen-bond acceptors (Lipinski definition) is 5. The SMILES string of the molecule is CN=C(NCC(=O)NCc1ccc(OC)cc1)N1CCOC(C2CCCO2)C1.I. The molecule has 2 N–H and O–H groups in total. The number of carbonyl (C=O) groups excluding carboxylic acids is 1. The second-order valence-electron chi connectivity index (χ2n) is 6.93. The number of aliphatic imine (C=N–C) groups is 1. The molecule has 2 aliphatic rings. The standard InChI is InChI=1S/C20H30N4O4.HI/c1-21-20(24-9-11-28-18(14-24)17-4-3-10-27-17)23-13-19(25)22-12-15-5-7-16(26-2)8-6-15;/h5-8,17-18H,3-4,9-14H2,1-2H3,(H,21,23)(H,22,25);1H. The molecule has 0 radical (unpaired) electrons. The van der Waals surface area contributed by atoms with E-state index >= 15 is 0 Å². The van der Waals surface area contributed by atoms with Crippen molar-refractivity contribution in [1.82, 2.24) is 15.5 Å². The van der Waals surface area contributed by atoms with Crippen LogP contribution in [-0.4, -0.2) is 76.0 Å². The highest BCUT2D eigenvalue weighted by Crippen LogP contribution is 2.21. The largest absolute Gasteiger partial charge is 0.497 e. The molecule has 1 aromatic rings. The molecule has 1 aromatic carbocycles. The molecule has 2 unspecified atom stereocenters. The van der Waals surface area contributed by atoms with E-state index in [0.717, 1.165) is 43.9 Å². The summed E-state index contributed by atoms with van der Waals surface area (Å²) >= 11 is 0. The van der Waals surface area contributed by atoms with Crippen molar-refractivity contribution in [3.05, 3.63) is 29.8 Å². The van der Waals surface area contributed by atoms with E-state index in [1.807, 2.05) is 24.3 Å². The summed E-state index contributed by atoms with van der Waals surface area (Å²) < 4.78 is 16.8. The van der Waals surface area contributed by atoms with E-state index in [4.69, 9.17) is 14.2 Å². The van der Waals surface area contributed by atoms with Crippen molar-refractivity contribution in [2.75, 3.05) is 47.0 Å². The third-order valence-corrected chi connectivity index (χ3v) is 5.04. The van der Waals surface area contributed by atoms with E-state index in [-0.39, 0.29) is 48.6 Å². The fourth-order valence-electron chi connectivity index (χ4n) is 3.49. The predicted octanol–water partition coefficient (Wildman–Crippen LogP) is 1.38. The summed E-state index contributed by atoms with van der Waals surface area (Å²) in [7, 11) is 3.36. The van der Waals surface area contributed by atoms with Crippen molar-refractivity contribution in [3.8, 4) is 5.75 Å². The summed E-state index contributed by atoms with van der Waals surface area (Å²) in [6, 6.07) is 7.63. The van der Waals surface area contributed by atoms with Crippen LogP contribution in [0.3, 0.4) is 0 Å². The van der Waals surface area contributed by atoms with Crippen molar-refractivity contribution in [2.45, 2.75) is 31.6 Å². The molecule has 2 saturated heterocycles.